The first kappa shape index (κ1) is 23.6. The van der Waals surface area contributed by atoms with E-state index in [0.717, 1.165) is 5.39 Å². The number of nitrogens with one attached hydrogen (secondary N) is 1. The first-order valence-electron chi connectivity index (χ1n) is 10.6. The first-order chi connectivity index (χ1) is 15.3. The van der Waals surface area contributed by atoms with E-state index >= 15 is 0 Å². The van der Waals surface area contributed by atoms with Gasteiger partial charge in [0.2, 0.25) is 0 Å². The van der Waals surface area contributed by atoms with Crippen molar-refractivity contribution in [2.24, 2.45) is 0 Å². The van der Waals surface area contributed by atoms with Gasteiger partial charge in [-0.3, -0.25) is 0 Å². The number of nitrogens with zero attached hydrogens (tertiary/aromatic N) is 1. The van der Waals surface area contributed by atoms with Crippen molar-refractivity contribution in [3.63, 3.8) is 0 Å². The molecular weight excluding hydrogens is 432 g/mol. The highest BCUT2D eigenvalue weighted by molar-refractivity contribution is 6.31. The minimum Gasteiger partial charge on any atom is -0.494 e. The number of ether oxygens (including phenoxy) is 3. The van der Waals surface area contributed by atoms with Gasteiger partial charge in [0.1, 0.15) is 10.9 Å². The molecule has 170 valence electrons. The topological polar surface area (TPSA) is 86.8 Å². The summed E-state index contributed by atoms with van der Waals surface area (Å²) in [5, 5.41) is 4.08. The lowest BCUT2D eigenvalue weighted by Gasteiger charge is -2.30. The van der Waals surface area contributed by atoms with Gasteiger partial charge in [0.15, 0.2) is 0 Å². The molecule has 1 aromatic heterocycles. The van der Waals surface area contributed by atoms with E-state index in [9.17, 15) is 9.59 Å². The van der Waals surface area contributed by atoms with Crippen molar-refractivity contribution in [1.29, 1.82) is 0 Å². The number of rotatable bonds is 7. The van der Waals surface area contributed by atoms with Crippen LogP contribution in [0.5, 0.6) is 5.75 Å². The van der Waals surface area contributed by atoms with E-state index in [0.29, 0.717) is 46.0 Å². The number of dihydropyridines is 1. The van der Waals surface area contributed by atoms with Gasteiger partial charge in [-0.05, 0) is 58.9 Å². The van der Waals surface area contributed by atoms with E-state index in [2.05, 4.69) is 10.3 Å². The average molecular weight is 459 g/mol. The molecule has 1 aliphatic rings. The van der Waals surface area contributed by atoms with Crippen LogP contribution in [0.15, 0.2) is 46.8 Å². The third-order valence-electron chi connectivity index (χ3n) is 5.14. The standard InChI is InChI=1S/C24H27ClN2O5/c1-6-30-16-9-10-18-15(11-16)12-17(22(25)27-18)21-19(23(28)31-7-2)13(4)26-14(5)20(21)24(29)32-8-3/h9-12,21,26H,6-8H2,1-5H3. The van der Waals surface area contributed by atoms with Crippen LogP contribution in [0.25, 0.3) is 10.9 Å². The summed E-state index contributed by atoms with van der Waals surface area (Å²) < 4.78 is 16.2. The van der Waals surface area contributed by atoms with Crippen LogP contribution in [-0.2, 0) is 19.1 Å². The van der Waals surface area contributed by atoms with Crippen molar-refractivity contribution in [2.45, 2.75) is 40.5 Å². The molecule has 2 heterocycles. The molecule has 0 aliphatic carbocycles. The molecule has 32 heavy (non-hydrogen) atoms. The molecule has 0 bridgehead atoms. The molecule has 7 nitrogen and oxygen atoms in total. The summed E-state index contributed by atoms with van der Waals surface area (Å²) in [6.07, 6.45) is 0. The summed E-state index contributed by atoms with van der Waals surface area (Å²) >= 11 is 6.61. The first-order valence-corrected chi connectivity index (χ1v) is 11.0. The largest absolute Gasteiger partial charge is 0.494 e. The summed E-state index contributed by atoms with van der Waals surface area (Å²) in [5.74, 6) is -1.17. The fraction of sp³-hybridized carbons (Fsp3) is 0.375. The number of allylic oxidation sites excluding steroid dienone is 2. The van der Waals surface area contributed by atoms with Crippen LogP contribution in [-0.4, -0.2) is 36.7 Å². The zero-order valence-electron chi connectivity index (χ0n) is 18.9. The van der Waals surface area contributed by atoms with Crippen molar-refractivity contribution in [3.05, 3.63) is 57.5 Å². The van der Waals surface area contributed by atoms with Gasteiger partial charge in [0.25, 0.3) is 0 Å². The number of aromatic nitrogens is 1. The third-order valence-corrected chi connectivity index (χ3v) is 5.44. The molecule has 1 aliphatic heterocycles. The molecule has 0 fully saturated rings. The second-order valence-corrected chi connectivity index (χ2v) is 7.59. The minimum absolute atomic E-state index is 0.192. The highest BCUT2D eigenvalue weighted by Gasteiger charge is 2.39. The van der Waals surface area contributed by atoms with Crippen LogP contribution >= 0.6 is 11.6 Å². The summed E-state index contributed by atoms with van der Waals surface area (Å²) in [6.45, 7) is 9.81. The lowest BCUT2D eigenvalue weighted by molar-refractivity contribution is -0.139. The zero-order chi connectivity index (χ0) is 23.4. The van der Waals surface area contributed by atoms with Crippen molar-refractivity contribution in [3.8, 4) is 5.75 Å². The maximum absolute atomic E-state index is 13.0. The van der Waals surface area contributed by atoms with Crippen molar-refractivity contribution in [2.75, 3.05) is 19.8 Å². The maximum Gasteiger partial charge on any atom is 0.336 e. The fourth-order valence-electron chi connectivity index (χ4n) is 3.87. The number of hydrogen-bond donors (Lipinski definition) is 1. The number of hydrogen-bond acceptors (Lipinski definition) is 7. The SMILES string of the molecule is CCOC(=O)C1=C(C)NC(C)=C(C(=O)OCC)C1c1cc2cc(OCC)ccc2nc1Cl. The van der Waals surface area contributed by atoms with E-state index in [1.807, 2.05) is 31.2 Å². The Bertz CT molecular complexity index is 1080. The molecule has 0 spiro atoms. The second-order valence-electron chi connectivity index (χ2n) is 7.23. The number of esters is 2. The number of pyridine rings is 1. The van der Waals surface area contributed by atoms with E-state index in [4.69, 9.17) is 25.8 Å². The molecule has 1 aromatic carbocycles. The Labute approximate surface area is 192 Å². The number of carbonyl (C=O) groups excluding carboxylic acids is 2. The lowest BCUT2D eigenvalue weighted by atomic mass is 9.80. The highest BCUT2D eigenvalue weighted by Crippen LogP contribution is 2.42. The number of fused-ring (bicyclic) bond motifs is 1. The summed E-state index contributed by atoms with van der Waals surface area (Å²) in [7, 11) is 0. The van der Waals surface area contributed by atoms with E-state index in [-0.39, 0.29) is 18.4 Å². The normalized spacial score (nSPS) is 14.4. The van der Waals surface area contributed by atoms with Gasteiger partial charge >= 0.3 is 11.9 Å². The third kappa shape index (κ3) is 4.58. The number of benzene rings is 1. The molecular formula is C24H27ClN2O5. The van der Waals surface area contributed by atoms with Gasteiger partial charge in [-0.25, -0.2) is 14.6 Å². The molecule has 0 amide bonds. The van der Waals surface area contributed by atoms with Crippen LogP contribution in [0.4, 0.5) is 0 Å². The second kappa shape index (κ2) is 10.0. The monoisotopic (exact) mass is 458 g/mol. The minimum atomic E-state index is -0.797. The zero-order valence-corrected chi connectivity index (χ0v) is 19.6. The average Bonchev–Trinajstić information content (AvgIpc) is 2.73. The Morgan fingerprint density at radius 2 is 1.56 bits per heavy atom. The number of halogens is 1. The van der Waals surface area contributed by atoms with Crippen LogP contribution in [0, 0.1) is 0 Å². The van der Waals surface area contributed by atoms with Gasteiger partial charge in [-0.15, -0.1) is 0 Å². The molecule has 3 rings (SSSR count). The van der Waals surface area contributed by atoms with Gasteiger partial charge in [0.05, 0.1) is 42.4 Å². The maximum atomic E-state index is 13.0. The Hall–Kier alpha value is -3.06. The summed E-state index contributed by atoms with van der Waals surface area (Å²) in [6, 6.07) is 7.33. The Balaban J connectivity index is 2.26. The fourth-order valence-corrected chi connectivity index (χ4v) is 4.12. The smallest absolute Gasteiger partial charge is 0.336 e. The molecule has 0 unspecified atom stereocenters. The molecule has 0 saturated carbocycles. The van der Waals surface area contributed by atoms with E-state index < -0.39 is 17.9 Å². The molecule has 0 saturated heterocycles. The van der Waals surface area contributed by atoms with Crippen molar-refractivity contribution < 1.29 is 23.8 Å². The highest BCUT2D eigenvalue weighted by atomic mass is 35.5. The van der Waals surface area contributed by atoms with Crippen LogP contribution in [0.3, 0.4) is 0 Å². The molecule has 2 aromatic rings. The van der Waals surface area contributed by atoms with Crippen LogP contribution < -0.4 is 10.1 Å². The summed E-state index contributed by atoms with van der Waals surface area (Å²) in [4.78, 5) is 30.4. The van der Waals surface area contributed by atoms with E-state index in [1.54, 1.807) is 27.7 Å². The van der Waals surface area contributed by atoms with Crippen molar-refractivity contribution >= 4 is 34.4 Å². The van der Waals surface area contributed by atoms with Crippen LogP contribution in [0.2, 0.25) is 5.15 Å². The van der Waals surface area contributed by atoms with Crippen LogP contribution in [0.1, 0.15) is 46.1 Å². The molecule has 0 radical (unpaired) electrons. The number of carbonyl (C=O) groups is 2. The predicted molar refractivity (Wildman–Crippen MR) is 122 cm³/mol. The van der Waals surface area contributed by atoms with Gasteiger partial charge in [0, 0.05) is 22.3 Å². The quantitative estimate of drug-likeness (QED) is 0.477. The molecule has 1 N–H and O–H groups in total. The Morgan fingerprint density at radius 1 is 0.969 bits per heavy atom. The predicted octanol–water partition coefficient (Wildman–Crippen LogP) is 4.65. The Morgan fingerprint density at radius 3 is 2.09 bits per heavy atom. The summed E-state index contributed by atoms with van der Waals surface area (Å²) in [5.41, 5.74) is 2.94. The Kier molecular flexibility index (Phi) is 7.40. The van der Waals surface area contributed by atoms with Gasteiger partial charge in [-0.1, -0.05) is 11.6 Å². The molecule has 0 atom stereocenters. The molecule has 8 heteroatoms. The van der Waals surface area contributed by atoms with E-state index in [1.165, 1.54) is 0 Å². The van der Waals surface area contributed by atoms with Crippen molar-refractivity contribution in [1.82, 2.24) is 10.3 Å². The lowest BCUT2D eigenvalue weighted by Crippen LogP contribution is -2.32. The van der Waals surface area contributed by atoms with Gasteiger partial charge in [-0.2, -0.15) is 0 Å². The van der Waals surface area contributed by atoms with Gasteiger partial charge < -0.3 is 19.5 Å².